The van der Waals surface area contributed by atoms with Gasteiger partial charge in [0.1, 0.15) is 5.75 Å². The zero-order valence-corrected chi connectivity index (χ0v) is 13.8. The van der Waals surface area contributed by atoms with Gasteiger partial charge < -0.3 is 15.2 Å². The second kappa shape index (κ2) is 7.63. The predicted molar refractivity (Wildman–Crippen MR) is 87.3 cm³/mol. The Morgan fingerprint density at radius 1 is 1.32 bits per heavy atom. The van der Waals surface area contributed by atoms with Gasteiger partial charge in [-0.2, -0.15) is 0 Å². The number of carboxylic acids is 1. The minimum atomic E-state index is -0.693. The molecular formula is C18H27NO3. The summed E-state index contributed by atoms with van der Waals surface area (Å²) in [5.41, 5.74) is 2.28. The zero-order valence-electron chi connectivity index (χ0n) is 13.8. The summed E-state index contributed by atoms with van der Waals surface area (Å²) in [6, 6.07) is 6.17. The van der Waals surface area contributed by atoms with Crippen LogP contribution < -0.4 is 10.1 Å². The molecule has 0 aromatic heterocycles. The van der Waals surface area contributed by atoms with E-state index in [1.165, 1.54) is 5.56 Å². The molecule has 0 radical (unpaired) electrons. The minimum absolute atomic E-state index is 0.220. The molecule has 4 heteroatoms. The monoisotopic (exact) mass is 305 g/mol. The van der Waals surface area contributed by atoms with Crippen LogP contribution in [0.15, 0.2) is 18.2 Å². The largest absolute Gasteiger partial charge is 0.497 e. The van der Waals surface area contributed by atoms with Crippen molar-refractivity contribution in [1.29, 1.82) is 0 Å². The van der Waals surface area contributed by atoms with Crippen LogP contribution in [0.1, 0.15) is 31.4 Å². The summed E-state index contributed by atoms with van der Waals surface area (Å²) in [7, 11) is 1.66. The number of hydrogen-bond acceptors (Lipinski definition) is 3. The van der Waals surface area contributed by atoms with Crippen molar-refractivity contribution in [3.8, 4) is 5.75 Å². The lowest BCUT2D eigenvalue weighted by atomic mass is 9.85. The summed E-state index contributed by atoms with van der Waals surface area (Å²) in [5, 5.41) is 12.8. The topological polar surface area (TPSA) is 58.6 Å². The van der Waals surface area contributed by atoms with Crippen LogP contribution in [0.3, 0.4) is 0 Å². The summed E-state index contributed by atoms with van der Waals surface area (Å²) in [6.45, 7) is 6.09. The van der Waals surface area contributed by atoms with E-state index >= 15 is 0 Å². The highest BCUT2D eigenvalue weighted by atomic mass is 16.5. The number of methoxy groups -OCH3 is 1. The standard InChI is InChI=1S/C18H27NO3/c1-12(2)6-13-7-14(9-16(8-13)22-3)10-17(18(20)21)15-4-5-19-11-15/h7-9,12,15,17,19H,4-6,10-11H2,1-3H3,(H,20,21). The number of nitrogens with one attached hydrogen (secondary N) is 1. The molecule has 22 heavy (non-hydrogen) atoms. The third kappa shape index (κ3) is 4.47. The Morgan fingerprint density at radius 3 is 2.50 bits per heavy atom. The molecule has 2 atom stereocenters. The first-order valence-electron chi connectivity index (χ1n) is 8.10. The number of carboxylic acid groups (broad SMARTS) is 1. The summed E-state index contributed by atoms with van der Waals surface area (Å²) in [4.78, 5) is 11.6. The Bertz CT molecular complexity index is 507. The Labute approximate surface area is 132 Å². The van der Waals surface area contributed by atoms with Gasteiger partial charge in [0.25, 0.3) is 0 Å². The van der Waals surface area contributed by atoms with Crippen molar-refractivity contribution >= 4 is 5.97 Å². The van der Waals surface area contributed by atoms with Crippen molar-refractivity contribution in [2.75, 3.05) is 20.2 Å². The highest BCUT2D eigenvalue weighted by molar-refractivity contribution is 5.71. The van der Waals surface area contributed by atoms with Crippen molar-refractivity contribution in [3.05, 3.63) is 29.3 Å². The van der Waals surface area contributed by atoms with Gasteiger partial charge in [-0.25, -0.2) is 0 Å². The van der Waals surface area contributed by atoms with Gasteiger partial charge in [-0.15, -0.1) is 0 Å². The summed E-state index contributed by atoms with van der Waals surface area (Å²) >= 11 is 0. The second-order valence-corrected chi connectivity index (χ2v) is 6.69. The SMILES string of the molecule is COc1cc(CC(C)C)cc(CC(C(=O)O)C2CCNC2)c1. The molecule has 1 heterocycles. The molecule has 1 fully saturated rings. The number of rotatable bonds is 7. The number of benzene rings is 1. The van der Waals surface area contributed by atoms with Crippen LogP contribution in [0.5, 0.6) is 5.75 Å². The van der Waals surface area contributed by atoms with Gasteiger partial charge >= 0.3 is 5.97 Å². The lowest BCUT2D eigenvalue weighted by Gasteiger charge is -2.19. The fraction of sp³-hybridized carbons (Fsp3) is 0.611. The van der Waals surface area contributed by atoms with Crippen molar-refractivity contribution in [1.82, 2.24) is 5.32 Å². The number of aliphatic carboxylic acids is 1. The molecular weight excluding hydrogens is 278 g/mol. The average molecular weight is 305 g/mol. The molecule has 122 valence electrons. The molecule has 1 aromatic rings. The van der Waals surface area contributed by atoms with E-state index in [9.17, 15) is 9.90 Å². The predicted octanol–water partition coefficient (Wildman–Crippen LogP) is 2.75. The first-order chi connectivity index (χ1) is 10.5. The van der Waals surface area contributed by atoms with Crippen molar-refractivity contribution < 1.29 is 14.6 Å². The lowest BCUT2D eigenvalue weighted by molar-refractivity contribution is -0.143. The highest BCUT2D eigenvalue weighted by Crippen LogP contribution is 2.27. The van der Waals surface area contributed by atoms with E-state index in [-0.39, 0.29) is 11.8 Å². The molecule has 0 saturated carbocycles. The molecule has 0 bridgehead atoms. The molecule has 1 saturated heterocycles. The van der Waals surface area contributed by atoms with Crippen LogP contribution in [0.2, 0.25) is 0 Å². The molecule has 2 N–H and O–H groups in total. The third-order valence-corrected chi connectivity index (χ3v) is 4.35. The van der Waals surface area contributed by atoms with Gasteiger partial charge in [-0.1, -0.05) is 19.9 Å². The Kier molecular flexibility index (Phi) is 5.83. The van der Waals surface area contributed by atoms with Crippen LogP contribution in [0.4, 0.5) is 0 Å². The van der Waals surface area contributed by atoms with Crippen LogP contribution in [-0.4, -0.2) is 31.3 Å². The van der Waals surface area contributed by atoms with Crippen LogP contribution in [-0.2, 0) is 17.6 Å². The maximum absolute atomic E-state index is 11.6. The lowest BCUT2D eigenvalue weighted by Crippen LogP contribution is -2.27. The van der Waals surface area contributed by atoms with Crippen molar-refractivity contribution in [2.45, 2.75) is 33.1 Å². The Balaban J connectivity index is 2.19. The molecule has 1 aliphatic rings. The number of ether oxygens (including phenoxy) is 1. The van der Waals surface area contributed by atoms with E-state index in [1.807, 2.05) is 6.07 Å². The Hall–Kier alpha value is -1.55. The molecule has 0 aliphatic carbocycles. The van der Waals surface area contributed by atoms with E-state index in [0.29, 0.717) is 12.3 Å². The Morgan fingerprint density at radius 2 is 2.00 bits per heavy atom. The quantitative estimate of drug-likeness (QED) is 0.813. The van der Waals surface area contributed by atoms with Crippen LogP contribution in [0.25, 0.3) is 0 Å². The van der Waals surface area contributed by atoms with Gasteiger partial charge in [0.2, 0.25) is 0 Å². The van der Waals surface area contributed by atoms with Crippen molar-refractivity contribution in [2.24, 2.45) is 17.8 Å². The number of hydrogen-bond donors (Lipinski definition) is 2. The van der Waals surface area contributed by atoms with Gasteiger partial charge in [-0.05, 0) is 67.4 Å². The summed E-state index contributed by atoms with van der Waals surface area (Å²) < 4.78 is 5.38. The molecule has 1 aliphatic heterocycles. The summed E-state index contributed by atoms with van der Waals surface area (Å²) in [6.07, 6.45) is 2.50. The second-order valence-electron chi connectivity index (χ2n) is 6.69. The fourth-order valence-electron chi connectivity index (χ4n) is 3.28. The van der Waals surface area contributed by atoms with Crippen LogP contribution >= 0.6 is 0 Å². The van der Waals surface area contributed by atoms with Crippen LogP contribution in [0, 0.1) is 17.8 Å². The molecule has 1 aromatic carbocycles. The molecule has 4 nitrogen and oxygen atoms in total. The maximum atomic E-state index is 11.6. The molecule has 0 spiro atoms. The van der Waals surface area contributed by atoms with E-state index < -0.39 is 5.97 Å². The van der Waals surface area contributed by atoms with Gasteiger partial charge in [0.05, 0.1) is 13.0 Å². The van der Waals surface area contributed by atoms with Gasteiger partial charge in [0, 0.05) is 0 Å². The van der Waals surface area contributed by atoms with E-state index in [4.69, 9.17) is 4.74 Å². The van der Waals surface area contributed by atoms with Crippen molar-refractivity contribution in [3.63, 3.8) is 0 Å². The first-order valence-corrected chi connectivity index (χ1v) is 8.10. The zero-order chi connectivity index (χ0) is 16.1. The molecule has 0 amide bonds. The third-order valence-electron chi connectivity index (χ3n) is 4.35. The van der Waals surface area contributed by atoms with E-state index in [2.05, 4.69) is 31.3 Å². The smallest absolute Gasteiger partial charge is 0.307 e. The minimum Gasteiger partial charge on any atom is -0.497 e. The molecule has 2 rings (SSSR count). The summed E-state index contributed by atoms with van der Waals surface area (Å²) in [5.74, 6) is 0.587. The average Bonchev–Trinajstić information content (AvgIpc) is 2.97. The van der Waals surface area contributed by atoms with E-state index in [1.54, 1.807) is 7.11 Å². The number of carbonyl (C=O) groups is 1. The normalized spacial score (nSPS) is 19.4. The molecule has 2 unspecified atom stereocenters. The highest BCUT2D eigenvalue weighted by Gasteiger charge is 2.30. The van der Waals surface area contributed by atoms with E-state index in [0.717, 1.165) is 37.2 Å². The fourth-order valence-corrected chi connectivity index (χ4v) is 3.28. The van der Waals surface area contributed by atoms with Gasteiger partial charge in [0.15, 0.2) is 0 Å². The van der Waals surface area contributed by atoms with Gasteiger partial charge in [-0.3, -0.25) is 4.79 Å². The maximum Gasteiger partial charge on any atom is 0.307 e. The first kappa shape index (κ1) is 16.8.